The van der Waals surface area contributed by atoms with Gasteiger partial charge in [0.2, 0.25) is 0 Å². The summed E-state index contributed by atoms with van der Waals surface area (Å²) >= 11 is 0. The highest BCUT2D eigenvalue weighted by Gasteiger charge is 2.17. The molecule has 1 aromatic rings. The molecule has 0 unspecified atom stereocenters. The van der Waals surface area contributed by atoms with Crippen LogP contribution in [-0.2, 0) is 0 Å². The van der Waals surface area contributed by atoms with Crippen molar-refractivity contribution < 1.29 is 19.2 Å². The predicted molar refractivity (Wildman–Crippen MR) is 61.2 cm³/mol. The Morgan fingerprint density at radius 1 is 1.31 bits per heavy atom. The van der Waals surface area contributed by atoms with Crippen LogP contribution in [0.15, 0.2) is 18.2 Å². The Morgan fingerprint density at radius 2 is 2.06 bits per heavy atom. The first kappa shape index (κ1) is 13.0. The maximum Gasteiger partial charge on any atom is 0.492 e. The third-order valence-corrected chi connectivity index (χ3v) is 2.26. The predicted octanol–water partition coefficient (Wildman–Crippen LogP) is 1.07. The van der Waals surface area contributed by atoms with Gasteiger partial charge < -0.3 is 14.8 Å². The highest BCUT2D eigenvalue weighted by Crippen LogP contribution is 2.10. The molecule has 0 saturated heterocycles. The van der Waals surface area contributed by atoms with Crippen molar-refractivity contribution in [1.82, 2.24) is 0 Å². The molecule has 0 aliphatic carbocycles. The van der Waals surface area contributed by atoms with E-state index in [0.29, 0.717) is 12.4 Å². The fourth-order valence-electron chi connectivity index (χ4n) is 1.39. The standard InChI is InChI=1S/C11H16BFO3/c1-2-3-4-7-16-11-6-5-9(13)8-10(11)12(14)15/h5-6,8,14-15H,2-4,7H2,1H3. The molecule has 0 amide bonds. The number of rotatable bonds is 6. The fraction of sp³-hybridized carbons (Fsp3) is 0.455. The van der Waals surface area contributed by atoms with Crippen LogP contribution in [0.2, 0.25) is 0 Å². The van der Waals surface area contributed by atoms with E-state index in [9.17, 15) is 4.39 Å². The average molecular weight is 226 g/mol. The van der Waals surface area contributed by atoms with Crippen LogP contribution in [0.3, 0.4) is 0 Å². The second-order valence-corrected chi connectivity index (χ2v) is 3.61. The van der Waals surface area contributed by atoms with Gasteiger partial charge in [-0.25, -0.2) is 4.39 Å². The maximum absolute atomic E-state index is 12.9. The Morgan fingerprint density at radius 3 is 2.69 bits per heavy atom. The van der Waals surface area contributed by atoms with E-state index in [1.54, 1.807) is 0 Å². The van der Waals surface area contributed by atoms with Gasteiger partial charge in [-0.05, 0) is 24.6 Å². The Bertz CT molecular complexity index is 331. The smallest absolute Gasteiger partial charge is 0.492 e. The van der Waals surface area contributed by atoms with Crippen molar-refractivity contribution in [1.29, 1.82) is 0 Å². The van der Waals surface area contributed by atoms with Crippen LogP contribution >= 0.6 is 0 Å². The summed E-state index contributed by atoms with van der Waals surface area (Å²) in [6.07, 6.45) is 3.04. The second-order valence-electron chi connectivity index (χ2n) is 3.61. The maximum atomic E-state index is 12.9. The Hall–Kier alpha value is -1.07. The van der Waals surface area contributed by atoms with Gasteiger partial charge in [-0.15, -0.1) is 0 Å². The van der Waals surface area contributed by atoms with Gasteiger partial charge in [0.05, 0.1) is 6.61 Å². The Balaban J connectivity index is 2.64. The SMILES string of the molecule is CCCCCOc1ccc(F)cc1B(O)O. The molecule has 3 nitrogen and oxygen atoms in total. The number of hydrogen-bond acceptors (Lipinski definition) is 3. The average Bonchev–Trinajstić information content (AvgIpc) is 2.26. The van der Waals surface area contributed by atoms with Crippen molar-refractivity contribution >= 4 is 12.6 Å². The van der Waals surface area contributed by atoms with E-state index in [1.807, 2.05) is 0 Å². The molecule has 0 saturated carbocycles. The van der Waals surface area contributed by atoms with E-state index in [-0.39, 0.29) is 5.46 Å². The first-order valence-electron chi connectivity index (χ1n) is 5.43. The zero-order valence-corrected chi connectivity index (χ0v) is 9.32. The minimum atomic E-state index is -1.71. The molecule has 2 N–H and O–H groups in total. The van der Waals surface area contributed by atoms with Gasteiger partial charge in [-0.3, -0.25) is 0 Å². The van der Waals surface area contributed by atoms with Crippen LogP contribution < -0.4 is 10.2 Å². The lowest BCUT2D eigenvalue weighted by Crippen LogP contribution is -2.32. The summed E-state index contributed by atoms with van der Waals surface area (Å²) in [7, 11) is -1.71. The molecular weight excluding hydrogens is 210 g/mol. The first-order valence-corrected chi connectivity index (χ1v) is 5.43. The van der Waals surface area contributed by atoms with Crippen LogP contribution in [0.25, 0.3) is 0 Å². The number of hydrogen-bond donors (Lipinski definition) is 2. The molecule has 1 rings (SSSR count). The highest BCUT2D eigenvalue weighted by molar-refractivity contribution is 6.59. The lowest BCUT2D eigenvalue weighted by Gasteiger charge is -2.10. The quantitative estimate of drug-likeness (QED) is 0.563. The molecule has 0 spiro atoms. The van der Waals surface area contributed by atoms with Gasteiger partial charge in [0.15, 0.2) is 0 Å². The van der Waals surface area contributed by atoms with Crippen LogP contribution in [0, 0.1) is 5.82 Å². The summed E-state index contributed by atoms with van der Waals surface area (Å²) in [6.45, 7) is 2.58. The Kier molecular flexibility index (Phi) is 5.28. The van der Waals surface area contributed by atoms with Gasteiger partial charge >= 0.3 is 7.12 Å². The van der Waals surface area contributed by atoms with Crippen molar-refractivity contribution in [2.24, 2.45) is 0 Å². The number of ether oxygens (including phenoxy) is 1. The highest BCUT2D eigenvalue weighted by atomic mass is 19.1. The number of unbranched alkanes of at least 4 members (excludes halogenated alkanes) is 2. The van der Waals surface area contributed by atoms with Gasteiger partial charge in [0.25, 0.3) is 0 Å². The molecule has 0 atom stereocenters. The third kappa shape index (κ3) is 3.83. The van der Waals surface area contributed by atoms with Crippen molar-refractivity contribution in [2.75, 3.05) is 6.61 Å². The monoisotopic (exact) mass is 226 g/mol. The zero-order valence-electron chi connectivity index (χ0n) is 9.32. The van der Waals surface area contributed by atoms with E-state index in [4.69, 9.17) is 14.8 Å². The zero-order chi connectivity index (χ0) is 12.0. The summed E-state index contributed by atoms with van der Waals surface area (Å²) in [5.74, 6) is -0.184. The molecule has 0 radical (unpaired) electrons. The van der Waals surface area contributed by atoms with Crippen LogP contribution in [0.1, 0.15) is 26.2 Å². The van der Waals surface area contributed by atoms with Crippen LogP contribution in [0.4, 0.5) is 4.39 Å². The molecule has 0 aliphatic heterocycles. The molecule has 5 heteroatoms. The molecule has 0 bridgehead atoms. The molecule has 16 heavy (non-hydrogen) atoms. The number of halogens is 1. The minimum Gasteiger partial charge on any atom is -0.494 e. The minimum absolute atomic E-state index is 0.0662. The van der Waals surface area contributed by atoms with E-state index in [0.717, 1.165) is 25.3 Å². The molecule has 0 heterocycles. The second kappa shape index (κ2) is 6.50. The van der Waals surface area contributed by atoms with Crippen molar-refractivity contribution in [3.63, 3.8) is 0 Å². The van der Waals surface area contributed by atoms with Gasteiger partial charge in [-0.2, -0.15) is 0 Å². The lowest BCUT2D eigenvalue weighted by atomic mass is 9.79. The van der Waals surface area contributed by atoms with Gasteiger partial charge in [-0.1, -0.05) is 19.8 Å². The molecule has 0 fully saturated rings. The van der Waals surface area contributed by atoms with Gasteiger partial charge in [0.1, 0.15) is 11.6 Å². The Labute approximate surface area is 95.0 Å². The largest absolute Gasteiger partial charge is 0.494 e. The fourth-order valence-corrected chi connectivity index (χ4v) is 1.39. The number of benzene rings is 1. The van der Waals surface area contributed by atoms with Crippen molar-refractivity contribution in [3.05, 3.63) is 24.0 Å². The summed E-state index contributed by atoms with van der Waals surface area (Å²) in [5, 5.41) is 18.1. The van der Waals surface area contributed by atoms with E-state index in [1.165, 1.54) is 12.1 Å². The van der Waals surface area contributed by atoms with Crippen LogP contribution in [0.5, 0.6) is 5.75 Å². The van der Waals surface area contributed by atoms with Crippen molar-refractivity contribution in [3.8, 4) is 5.75 Å². The summed E-state index contributed by atoms with van der Waals surface area (Å²) in [6, 6.07) is 3.72. The molecule has 88 valence electrons. The van der Waals surface area contributed by atoms with Crippen LogP contribution in [-0.4, -0.2) is 23.8 Å². The van der Waals surface area contributed by atoms with E-state index >= 15 is 0 Å². The normalized spacial score (nSPS) is 10.2. The van der Waals surface area contributed by atoms with E-state index in [2.05, 4.69) is 6.92 Å². The molecular formula is C11H16BFO3. The summed E-state index contributed by atoms with van der Waals surface area (Å²) in [4.78, 5) is 0. The van der Waals surface area contributed by atoms with Gasteiger partial charge in [0, 0.05) is 5.46 Å². The van der Waals surface area contributed by atoms with Crippen molar-refractivity contribution in [2.45, 2.75) is 26.2 Å². The molecule has 0 aromatic heterocycles. The summed E-state index contributed by atoms with van der Waals surface area (Å²) in [5.41, 5.74) is 0.0662. The first-order chi connectivity index (χ1) is 7.65. The summed E-state index contributed by atoms with van der Waals surface area (Å²) < 4.78 is 18.2. The van der Waals surface area contributed by atoms with E-state index < -0.39 is 12.9 Å². The lowest BCUT2D eigenvalue weighted by molar-refractivity contribution is 0.306. The molecule has 0 aliphatic rings. The molecule has 1 aromatic carbocycles. The third-order valence-electron chi connectivity index (χ3n) is 2.26. The topological polar surface area (TPSA) is 49.7 Å².